The fourth-order valence-corrected chi connectivity index (χ4v) is 9.74. The van der Waals surface area contributed by atoms with Crippen molar-refractivity contribution >= 4 is 39.5 Å². The SMILES string of the molecule is C/C=C/C=C(\C(=C/c1ccc2c(c1)C(C)(C)c1cc(N(c3ccccc3)c3ccc(-c4ccccc4C)c(C4CCC4)c3)c3ccccc3c1-2)CC)c1ccccc1C. The predicted molar refractivity (Wildman–Crippen MR) is 255 cm³/mol. The Morgan fingerprint density at radius 3 is 2.07 bits per heavy atom. The number of fused-ring (bicyclic) bond motifs is 5. The Bertz CT molecular complexity index is 2790. The van der Waals surface area contributed by atoms with Crippen LogP contribution in [0, 0.1) is 13.8 Å². The standard InChI is InChI=1S/C58H55N/c1-7-9-26-48(46-27-15-13-20-39(46)3)42(8-2)35-41-31-33-52-54(36-41)58(5,6)55-38-56(50-29-17-18-30-51(50)57(52)55)59(44-24-11-10-12-25-44)45-32-34-49(47-28-16-14-21-40(47)4)53(37-45)43-22-19-23-43/h7,9-18,20-21,24-38,43H,8,19,22-23H2,1-6H3/b9-7+,42-35-,48-26+. The minimum atomic E-state index is -0.215. The van der Waals surface area contributed by atoms with Gasteiger partial charge in [0.25, 0.3) is 0 Å². The molecule has 2 aliphatic rings. The molecule has 1 nitrogen and oxygen atoms in total. The minimum Gasteiger partial charge on any atom is -0.310 e. The summed E-state index contributed by atoms with van der Waals surface area (Å²) in [6.45, 7) is 13.7. The van der Waals surface area contributed by atoms with E-state index in [1.807, 2.05) is 0 Å². The van der Waals surface area contributed by atoms with Gasteiger partial charge in [-0.2, -0.15) is 0 Å². The summed E-state index contributed by atoms with van der Waals surface area (Å²) in [7, 11) is 0. The number of hydrogen-bond acceptors (Lipinski definition) is 1. The van der Waals surface area contributed by atoms with Crippen molar-refractivity contribution in [2.45, 2.75) is 78.6 Å². The van der Waals surface area contributed by atoms with Crippen molar-refractivity contribution < 1.29 is 0 Å². The maximum absolute atomic E-state index is 2.53. The maximum atomic E-state index is 2.53. The van der Waals surface area contributed by atoms with E-state index in [1.54, 1.807) is 0 Å². The second kappa shape index (κ2) is 15.9. The van der Waals surface area contributed by atoms with Crippen molar-refractivity contribution in [3.8, 4) is 22.3 Å². The van der Waals surface area contributed by atoms with Gasteiger partial charge in [-0.05, 0) is 154 Å². The van der Waals surface area contributed by atoms with Crippen LogP contribution in [-0.4, -0.2) is 0 Å². The Labute approximate surface area is 352 Å². The molecule has 0 N–H and O–H groups in total. The van der Waals surface area contributed by atoms with E-state index in [0.29, 0.717) is 5.92 Å². The van der Waals surface area contributed by atoms with Crippen LogP contribution in [0.4, 0.5) is 17.1 Å². The zero-order chi connectivity index (χ0) is 40.7. The van der Waals surface area contributed by atoms with Gasteiger partial charge in [0.2, 0.25) is 0 Å². The van der Waals surface area contributed by atoms with Crippen molar-refractivity contribution in [1.29, 1.82) is 0 Å². The topological polar surface area (TPSA) is 3.24 Å². The first-order valence-electron chi connectivity index (χ1n) is 21.6. The third kappa shape index (κ3) is 6.87. The zero-order valence-corrected chi connectivity index (χ0v) is 35.5. The van der Waals surface area contributed by atoms with Crippen LogP contribution in [0.25, 0.3) is 44.7 Å². The second-order valence-corrected chi connectivity index (χ2v) is 17.1. The largest absolute Gasteiger partial charge is 0.310 e. The van der Waals surface area contributed by atoms with Gasteiger partial charge in [-0.25, -0.2) is 0 Å². The Morgan fingerprint density at radius 1 is 0.661 bits per heavy atom. The van der Waals surface area contributed by atoms with Gasteiger partial charge in [0, 0.05) is 22.2 Å². The lowest BCUT2D eigenvalue weighted by atomic mass is 9.76. The molecule has 292 valence electrons. The van der Waals surface area contributed by atoms with E-state index in [1.165, 1.54) is 119 Å². The van der Waals surface area contributed by atoms with E-state index in [2.05, 4.69) is 216 Å². The maximum Gasteiger partial charge on any atom is 0.0543 e. The van der Waals surface area contributed by atoms with Crippen LogP contribution < -0.4 is 4.90 Å². The van der Waals surface area contributed by atoms with Crippen molar-refractivity contribution in [1.82, 2.24) is 0 Å². The van der Waals surface area contributed by atoms with Gasteiger partial charge >= 0.3 is 0 Å². The van der Waals surface area contributed by atoms with Crippen molar-refractivity contribution in [2.24, 2.45) is 0 Å². The molecule has 1 fully saturated rings. The molecular formula is C58H55N. The fraction of sp³-hybridized carbons (Fsp3) is 0.207. The van der Waals surface area contributed by atoms with Gasteiger partial charge in [-0.3, -0.25) is 0 Å². The van der Waals surface area contributed by atoms with E-state index in [4.69, 9.17) is 0 Å². The molecule has 1 heteroatoms. The highest BCUT2D eigenvalue weighted by atomic mass is 15.1. The normalized spacial score (nSPS) is 15.0. The summed E-state index contributed by atoms with van der Waals surface area (Å²) >= 11 is 0. The Hall–Kier alpha value is -6.18. The molecule has 0 radical (unpaired) electrons. The first-order chi connectivity index (χ1) is 28.8. The molecule has 9 rings (SSSR count). The summed E-state index contributed by atoms with van der Waals surface area (Å²) in [5.74, 6) is 0.579. The molecule has 0 bridgehead atoms. The molecule has 1 saturated carbocycles. The van der Waals surface area contributed by atoms with Gasteiger partial charge in [-0.1, -0.05) is 167 Å². The predicted octanol–water partition coefficient (Wildman–Crippen LogP) is 16.6. The average molecular weight is 766 g/mol. The Balaban J connectivity index is 1.20. The quantitative estimate of drug-likeness (QED) is 0.125. The number of allylic oxidation sites excluding steroid dienone is 5. The van der Waals surface area contributed by atoms with Gasteiger partial charge in [0.15, 0.2) is 0 Å². The van der Waals surface area contributed by atoms with E-state index in [0.717, 1.165) is 6.42 Å². The number of anilines is 3. The highest BCUT2D eigenvalue weighted by molar-refractivity contribution is 6.10. The van der Waals surface area contributed by atoms with E-state index in [-0.39, 0.29) is 5.41 Å². The van der Waals surface area contributed by atoms with Crippen LogP contribution in [0.3, 0.4) is 0 Å². The molecule has 0 amide bonds. The van der Waals surface area contributed by atoms with Gasteiger partial charge < -0.3 is 4.90 Å². The van der Waals surface area contributed by atoms with Gasteiger partial charge in [0.1, 0.15) is 0 Å². The molecule has 0 heterocycles. The van der Waals surface area contributed by atoms with Crippen LogP contribution >= 0.6 is 0 Å². The van der Waals surface area contributed by atoms with Crippen LogP contribution in [-0.2, 0) is 5.41 Å². The summed E-state index contributed by atoms with van der Waals surface area (Å²) in [5, 5.41) is 2.57. The molecule has 0 unspecified atom stereocenters. The van der Waals surface area contributed by atoms with Crippen LogP contribution in [0.5, 0.6) is 0 Å². The lowest BCUT2D eigenvalue weighted by Gasteiger charge is -2.33. The van der Waals surface area contributed by atoms with Crippen LogP contribution in [0.15, 0.2) is 169 Å². The first-order valence-corrected chi connectivity index (χ1v) is 21.6. The van der Waals surface area contributed by atoms with Crippen LogP contribution in [0.2, 0.25) is 0 Å². The molecule has 2 aliphatic carbocycles. The summed E-state index contributed by atoms with van der Waals surface area (Å²) in [6.07, 6.45) is 13.7. The minimum absolute atomic E-state index is 0.215. The van der Waals surface area contributed by atoms with E-state index in [9.17, 15) is 0 Å². The number of aryl methyl sites for hydroxylation is 2. The molecule has 0 spiro atoms. The average Bonchev–Trinajstić information content (AvgIpc) is 3.46. The Kier molecular flexibility index (Phi) is 10.3. The molecule has 59 heavy (non-hydrogen) atoms. The molecule has 0 aliphatic heterocycles. The third-order valence-corrected chi connectivity index (χ3v) is 13.2. The van der Waals surface area contributed by atoms with E-state index < -0.39 is 0 Å². The summed E-state index contributed by atoms with van der Waals surface area (Å²) in [5.41, 5.74) is 20.8. The van der Waals surface area contributed by atoms with Gasteiger partial charge in [-0.15, -0.1) is 0 Å². The highest BCUT2D eigenvalue weighted by Gasteiger charge is 2.38. The number of nitrogens with zero attached hydrogens (tertiary/aromatic N) is 1. The first kappa shape index (κ1) is 38.3. The number of rotatable bonds is 10. The summed E-state index contributed by atoms with van der Waals surface area (Å²) in [4.78, 5) is 2.53. The number of para-hydroxylation sites is 1. The van der Waals surface area contributed by atoms with Crippen molar-refractivity contribution in [3.63, 3.8) is 0 Å². The molecular weight excluding hydrogens is 711 g/mol. The lowest BCUT2D eigenvalue weighted by molar-refractivity contribution is 0.420. The number of benzene rings is 7. The molecule has 0 saturated heterocycles. The summed E-state index contributed by atoms with van der Waals surface area (Å²) < 4.78 is 0. The second-order valence-electron chi connectivity index (χ2n) is 17.1. The smallest absolute Gasteiger partial charge is 0.0543 e. The number of hydrogen-bond donors (Lipinski definition) is 0. The van der Waals surface area contributed by atoms with Gasteiger partial charge in [0.05, 0.1) is 5.69 Å². The van der Waals surface area contributed by atoms with E-state index >= 15 is 0 Å². The zero-order valence-electron chi connectivity index (χ0n) is 35.5. The molecule has 0 atom stereocenters. The molecule has 0 aromatic heterocycles. The van der Waals surface area contributed by atoms with Crippen molar-refractivity contribution in [2.75, 3.05) is 4.90 Å². The monoisotopic (exact) mass is 765 g/mol. The third-order valence-electron chi connectivity index (χ3n) is 13.2. The lowest BCUT2D eigenvalue weighted by Crippen LogP contribution is -2.17. The highest BCUT2D eigenvalue weighted by Crippen LogP contribution is 2.55. The van der Waals surface area contributed by atoms with Crippen molar-refractivity contribution in [3.05, 3.63) is 208 Å². The molecule has 7 aromatic rings. The fourth-order valence-electron chi connectivity index (χ4n) is 9.74. The Morgan fingerprint density at radius 2 is 1.36 bits per heavy atom. The van der Waals surface area contributed by atoms with Crippen LogP contribution in [0.1, 0.15) is 98.2 Å². The molecule has 7 aromatic carbocycles. The summed E-state index contributed by atoms with van der Waals surface area (Å²) in [6, 6.07) is 54.7.